The second-order valence-corrected chi connectivity index (χ2v) is 2.68. The molecule has 0 unspecified atom stereocenters. The predicted octanol–water partition coefficient (Wildman–Crippen LogP) is 1.10. The second-order valence-electron chi connectivity index (χ2n) is 2.68. The van der Waals surface area contributed by atoms with Gasteiger partial charge in [-0.3, -0.25) is 0 Å². The number of hydrogen-bond acceptors (Lipinski definition) is 2. The van der Waals surface area contributed by atoms with Crippen molar-refractivity contribution in [3.05, 3.63) is 0 Å². The van der Waals surface area contributed by atoms with Crippen LogP contribution in [0.1, 0.15) is 25.7 Å². The Morgan fingerprint density at radius 3 is 2.60 bits per heavy atom. The average Bonchev–Trinajstić information content (AvgIpc) is 2.38. The highest BCUT2D eigenvalue weighted by molar-refractivity contribution is 5.82. The van der Waals surface area contributed by atoms with Crippen LogP contribution in [0.4, 0.5) is 0 Å². The summed E-state index contributed by atoms with van der Waals surface area (Å²) in [5.74, 6) is 1.15. The summed E-state index contributed by atoms with van der Waals surface area (Å²) in [5.41, 5.74) is 5.61. The van der Waals surface area contributed by atoms with E-state index in [0.717, 1.165) is 0 Å². The van der Waals surface area contributed by atoms with Gasteiger partial charge in [-0.1, -0.05) is 18.0 Å². The first-order chi connectivity index (χ1) is 4.84. The molecule has 0 heterocycles. The number of oxime groups is 1. The molecule has 10 heavy (non-hydrogen) atoms. The Hall–Kier alpha value is -0.730. The largest absolute Gasteiger partial charge is 0.398 e. The third-order valence-corrected chi connectivity index (χ3v) is 1.97. The lowest BCUT2D eigenvalue weighted by Crippen LogP contribution is -2.21. The lowest BCUT2D eigenvalue weighted by atomic mass is 10.1. The van der Waals surface area contributed by atoms with Gasteiger partial charge in [-0.05, 0) is 12.8 Å². The number of hydrogen-bond donors (Lipinski definition) is 1. The van der Waals surface area contributed by atoms with Crippen LogP contribution in [0.2, 0.25) is 0 Å². The van der Waals surface area contributed by atoms with E-state index in [2.05, 4.69) is 9.99 Å². The molecule has 0 aromatic carbocycles. The Labute approximate surface area is 61.2 Å². The van der Waals surface area contributed by atoms with Gasteiger partial charge < -0.3 is 10.6 Å². The SMILES string of the molecule is CON=C(N)C1CCCC1. The summed E-state index contributed by atoms with van der Waals surface area (Å²) < 4.78 is 0. The quantitative estimate of drug-likeness (QED) is 0.356. The normalized spacial score (nSPS) is 21.5. The molecule has 0 aliphatic heterocycles. The molecule has 1 rings (SSSR count). The number of rotatable bonds is 2. The number of nitrogens with two attached hydrogens (primary N) is 1. The molecule has 58 valence electrons. The maximum absolute atomic E-state index is 5.61. The third kappa shape index (κ3) is 1.62. The highest BCUT2D eigenvalue weighted by Crippen LogP contribution is 2.24. The smallest absolute Gasteiger partial charge is 0.142 e. The third-order valence-electron chi connectivity index (χ3n) is 1.97. The van der Waals surface area contributed by atoms with Gasteiger partial charge in [-0.25, -0.2) is 0 Å². The summed E-state index contributed by atoms with van der Waals surface area (Å²) in [7, 11) is 1.53. The molecule has 2 N–H and O–H groups in total. The summed E-state index contributed by atoms with van der Waals surface area (Å²) in [6.45, 7) is 0. The van der Waals surface area contributed by atoms with Gasteiger partial charge in [-0.15, -0.1) is 0 Å². The minimum Gasteiger partial charge on any atom is -0.398 e. The summed E-state index contributed by atoms with van der Waals surface area (Å²) >= 11 is 0. The molecule has 1 aliphatic rings. The Balaban J connectivity index is 2.39. The van der Waals surface area contributed by atoms with Gasteiger partial charge in [0.1, 0.15) is 12.9 Å². The van der Waals surface area contributed by atoms with Crippen molar-refractivity contribution >= 4 is 5.84 Å². The van der Waals surface area contributed by atoms with Gasteiger partial charge in [0.2, 0.25) is 0 Å². The van der Waals surface area contributed by atoms with Crippen LogP contribution in [-0.4, -0.2) is 12.9 Å². The zero-order valence-corrected chi connectivity index (χ0v) is 6.34. The highest BCUT2D eigenvalue weighted by atomic mass is 16.6. The number of nitrogens with zero attached hydrogens (tertiary/aromatic N) is 1. The molecule has 0 atom stereocenters. The topological polar surface area (TPSA) is 47.6 Å². The Morgan fingerprint density at radius 1 is 1.50 bits per heavy atom. The first kappa shape index (κ1) is 7.38. The van der Waals surface area contributed by atoms with Crippen LogP contribution < -0.4 is 5.73 Å². The van der Waals surface area contributed by atoms with Crippen LogP contribution in [0.25, 0.3) is 0 Å². The number of amidine groups is 1. The van der Waals surface area contributed by atoms with E-state index in [9.17, 15) is 0 Å². The maximum atomic E-state index is 5.61. The fourth-order valence-corrected chi connectivity index (χ4v) is 1.40. The lowest BCUT2D eigenvalue weighted by molar-refractivity contribution is 0.210. The van der Waals surface area contributed by atoms with Gasteiger partial charge in [0.05, 0.1) is 0 Å². The van der Waals surface area contributed by atoms with Crippen LogP contribution >= 0.6 is 0 Å². The first-order valence-electron chi connectivity index (χ1n) is 3.71. The monoisotopic (exact) mass is 142 g/mol. The standard InChI is InChI=1S/C7H14N2O/c1-10-9-7(8)6-4-2-3-5-6/h6H,2-5H2,1H3,(H2,8,9). The molecule has 0 spiro atoms. The molecular formula is C7H14N2O. The van der Waals surface area contributed by atoms with Crippen molar-refractivity contribution in [2.45, 2.75) is 25.7 Å². The zero-order chi connectivity index (χ0) is 7.40. The van der Waals surface area contributed by atoms with Gasteiger partial charge in [0, 0.05) is 5.92 Å². The second kappa shape index (κ2) is 3.44. The molecule has 0 bridgehead atoms. The van der Waals surface area contributed by atoms with E-state index in [1.165, 1.54) is 32.8 Å². The summed E-state index contributed by atoms with van der Waals surface area (Å²) in [4.78, 5) is 4.58. The Morgan fingerprint density at radius 2 is 2.10 bits per heavy atom. The summed E-state index contributed by atoms with van der Waals surface area (Å²) in [6, 6.07) is 0. The molecular weight excluding hydrogens is 128 g/mol. The molecule has 1 aliphatic carbocycles. The molecule has 3 nitrogen and oxygen atoms in total. The maximum Gasteiger partial charge on any atom is 0.142 e. The molecule has 0 saturated heterocycles. The van der Waals surface area contributed by atoms with E-state index < -0.39 is 0 Å². The predicted molar refractivity (Wildman–Crippen MR) is 40.6 cm³/mol. The van der Waals surface area contributed by atoms with Crippen molar-refractivity contribution in [1.82, 2.24) is 0 Å². The summed E-state index contributed by atoms with van der Waals surface area (Å²) in [6.07, 6.45) is 4.92. The minimum absolute atomic E-state index is 0.486. The van der Waals surface area contributed by atoms with Crippen molar-refractivity contribution < 1.29 is 4.84 Å². The molecule has 1 fully saturated rings. The van der Waals surface area contributed by atoms with Crippen LogP contribution in [0.5, 0.6) is 0 Å². The van der Waals surface area contributed by atoms with Crippen molar-refractivity contribution in [1.29, 1.82) is 0 Å². The molecule has 0 radical (unpaired) electrons. The fraction of sp³-hybridized carbons (Fsp3) is 0.857. The summed E-state index contributed by atoms with van der Waals surface area (Å²) in [5, 5.41) is 3.70. The van der Waals surface area contributed by atoms with Crippen molar-refractivity contribution in [3.8, 4) is 0 Å². The minimum atomic E-state index is 0.486. The average molecular weight is 142 g/mol. The fourth-order valence-electron chi connectivity index (χ4n) is 1.40. The van der Waals surface area contributed by atoms with E-state index in [0.29, 0.717) is 11.8 Å². The van der Waals surface area contributed by atoms with Crippen LogP contribution in [0, 0.1) is 5.92 Å². The highest BCUT2D eigenvalue weighted by Gasteiger charge is 2.18. The van der Waals surface area contributed by atoms with E-state index in [1.807, 2.05) is 0 Å². The van der Waals surface area contributed by atoms with Crippen molar-refractivity contribution in [3.63, 3.8) is 0 Å². The van der Waals surface area contributed by atoms with Crippen LogP contribution in [-0.2, 0) is 4.84 Å². The van der Waals surface area contributed by atoms with E-state index in [1.54, 1.807) is 0 Å². The molecule has 1 saturated carbocycles. The Bertz CT molecular complexity index is 128. The molecule has 0 amide bonds. The van der Waals surface area contributed by atoms with Crippen LogP contribution in [0.15, 0.2) is 5.16 Å². The van der Waals surface area contributed by atoms with Gasteiger partial charge >= 0.3 is 0 Å². The first-order valence-corrected chi connectivity index (χ1v) is 3.71. The van der Waals surface area contributed by atoms with Crippen molar-refractivity contribution in [2.24, 2.45) is 16.8 Å². The zero-order valence-electron chi connectivity index (χ0n) is 6.34. The lowest BCUT2D eigenvalue weighted by Gasteiger charge is -2.05. The van der Waals surface area contributed by atoms with E-state index >= 15 is 0 Å². The Kier molecular flexibility index (Phi) is 2.54. The van der Waals surface area contributed by atoms with E-state index in [-0.39, 0.29) is 0 Å². The van der Waals surface area contributed by atoms with E-state index in [4.69, 9.17) is 5.73 Å². The van der Waals surface area contributed by atoms with Gasteiger partial charge in [-0.2, -0.15) is 0 Å². The molecule has 3 heteroatoms. The van der Waals surface area contributed by atoms with Gasteiger partial charge in [0.25, 0.3) is 0 Å². The van der Waals surface area contributed by atoms with Crippen LogP contribution in [0.3, 0.4) is 0 Å². The van der Waals surface area contributed by atoms with Gasteiger partial charge in [0.15, 0.2) is 0 Å². The molecule has 0 aromatic rings. The molecule has 0 aromatic heterocycles. The van der Waals surface area contributed by atoms with Crippen molar-refractivity contribution in [2.75, 3.05) is 7.11 Å².